The highest BCUT2D eigenvalue weighted by Gasteiger charge is 2.28. The third-order valence-electron chi connectivity index (χ3n) is 3.39. The van der Waals surface area contributed by atoms with Crippen molar-refractivity contribution in [2.24, 2.45) is 0 Å². The quantitative estimate of drug-likeness (QED) is 0.803. The minimum atomic E-state index is -0.306. The van der Waals surface area contributed by atoms with Crippen LogP contribution >= 0.6 is 0 Å². The van der Waals surface area contributed by atoms with Gasteiger partial charge >= 0.3 is 5.97 Å². The van der Waals surface area contributed by atoms with Gasteiger partial charge in [-0.05, 0) is 24.6 Å². The van der Waals surface area contributed by atoms with E-state index in [1.54, 1.807) is 6.92 Å². The van der Waals surface area contributed by atoms with Gasteiger partial charge in [0, 0.05) is 12.0 Å². The topological polar surface area (TPSA) is 35.5 Å². The predicted molar refractivity (Wildman–Crippen MR) is 80.8 cm³/mol. The molecule has 0 radical (unpaired) electrons. The first-order valence-corrected chi connectivity index (χ1v) is 7.01. The standard InChI is InChI=1S/C18H16O3/c1-2-20-18(19)16-12-13-8-6-7-11-15(13)17(16)21-14-9-4-3-5-10-14/h3-11H,2,12H2,1H3. The van der Waals surface area contributed by atoms with Crippen LogP contribution in [0.15, 0.2) is 60.2 Å². The van der Waals surface area contributed by atoms with Gasteiger partial charge in [-0.1, -0.05) is 42.5 Å². The van der Waals surface area contributed by atoms with Gasteiger partial charge in [-0.15, -0.1) is 0 Å². The van der Waals surface area contributed by atoms with Crippen LogP contribution in [0.4, 0.5) is 0 Å². The zero-order chi connectivity index (χ0) is 14.7. The highest BCUT2D eigenvalue weighted by Crippen LogP contribution is 2.35. The van der Waals surface area contributed by atoms with Crippen LogP contribution < -0.4 is 4.74 Å². The molecule has 0 aliphatic heterocycles. The molecule has 1 aliphatic carbocycles. The summed E-state index contributed by atoms with van der Waals surface area (Å²) in [5, 5.41) is 0. The van der Waals surface area contributed by atoms with Crippen LogP contribution in [0.1, 0.15) is 18.1 Å². The van der Waals surface area contributed by atoms with Gasteiger partial charge in [0.15, 0.2) is 0 Å². The highest BCUT2D eigenvalue weighted by molar-refractivity contribution is 5.99. The lowest BCUT2D eigenvalue weighted by atomic mass is 10.1. The van der Waals surface area contributed by atoms with Crippen LogP contribution in [0.5, 0.6) is 5.75 Å². The molecular weight excluding hydrogens is 264 g/mol. The maximum absolute atomic E-state index is 12.2. The Bertz CT molecular complexity index is 687. The zero-order valence-electron chi connectivity index (χ0n) is 11.8. The molecule has 0 bridgehead atoms. The second-order valence-corrected chi connectivity index (χ2v) is 4.78. The van der Waals surface area contributed by atoms with Crippen molar-refractivity contribution < 1.29 is 14.3 Å². The van der Waals surface area contributed by atoms with Crippen molar-refractivity contribution in [2.45, 2.75) is 13.3 Å². The van der Waals surface area contributed by atoms with E-state index in [2.05, 4.69) is 0 Å². The monoisotopic (exact) mass is 280 g/mol. The number of rotatable bonds is 4. The van der Waals surface area contributed by atoms with Gasteiger partial charge in [0.2, 0.25) is 0 Å². The maximum atomic E-state index is 12.2. The molecule has 0 unspecified atom stereocenters. The summed E-state index contributed by atoms with van der Waals surface area (Å²) in [4.78, 5) is 12.2. The summed E-state index contributed by atoms with van der Waals surface area (Å²) >= 11 is 0. The molecule has 0 atom stereocenters. The molecular formula is C18H16O3. The number of benzene rings is 2. The van der Waals surface area contributed by atoms with Gasteiger partial charge in [0.05, 0.1) is 12.2 Å². The molecule has 3 nitrogen and oxygen atoms in total. The third kappa shape index (κ3) is 2.68. The van der Waals surface area contributed by atoms with Crippen molar-refractivity contribution in [3.05, 3.63) is 71.3 Å². The summed E-state index contributed by atoms with van der Waals surface area (Å²) in [5.41, 5.74) is 2.64. The van der Waals surface area contributed by atoms with E-state index in [0.29, 0.717) is 30.1 Å². The van der Waals surface area contributed by atoms with Gasteiger partial charge in [-0.2, -0.15) is 0 Å². The maximum Gasteiger partial charge on any atom is 0.338 e. The summed E-state index contributed by atoms with van der Waals surface area (Å²) in [7, 11) is 0. The van der Waals surface area contributed by atoms with Crippen molar-refractivity contribution >= 4 is 11.7 Å². The molecule has 0 saturated carbocycles. The third-order valence-corrected chi connectivity index (χ3v) is 3.39. The molecule has 21 heavy (non-hydrogen) atoms. The summed E-state index contributed by atoms with van der Waals surface area (Å²) < 4.78 is 11.1. The number of hydrogen-bond acceptors (Lipinski definition) is 3. The molecule has 3 heteroatoms. The lowest BCUT2D eigenvalue weighted by Gasteiger charge is -2.10. The van der Waals surface area contributed by atoms with Gasteiger partial charge in [-0.3, -0.25) is 0 Å². The van der Waals surface area contributed by atoms with Crippen LogP contribution in [0.25, 0.3) is 5.76 Å². The smallest absolute Gasteiger partial charge is 0.338 e. The minimum Gasteiger partial charge on any atom is -0.463 e. The Labute approximate surface area is 123 Å². The van der Waals surface area contributed by atoms with E-state index in [1.807, 2.05) is 54.6 Å². The first kappa shape index (κ1) is 13.4. The Morgan fingerprint density at radius 2 is 1.76 bits per heavy atom. The van der Waals surface area contributed by atoms with E-state index in [4.69, 9.17) is 9.47 Å². The van der Waals surface area contributed by atoms with Crippen LogP contribution in [0.3, 0.4) is 0 Å². The molecule has 0 amide bonds. The molecule has 0 N–H and O–H groups in total. The van der Waals surface area contributed by atoms with E-state index in [0.717, 1.165) is 11.1 Å². The van der Waals surface area contributed by atoms with Gasteiger partial charge in [0.25, 0.3) is 0 Å². The van der Waals surface area contributed by atoms with Crippen molar-refractivity contribution in [1.29, 1.82) is 0 Å². The van der Waals surface area contributed by atoms with Crippen LogP contribution in [-0.4, -0.2) is 12.6 Å². The second kappa shape index (κ2) is 5.83. The first-order chi connectivity index (χ1) is 10.3. The summed E-state index contributed by atoms with van der Waals surface area (Å²) in [5.74, 6) is 1.01. The Morgan fingerprint density at radius 1 is 1.05 bits per heavy atom. The number of carbonyl (C=O) groups excluding carboxylic acids is 1. The molecule has 2 aromatic carbocycles. The van der Waals surface area contributed by atoms with Gasteiger partial charge in [-0.25, -0.2) is 4.79 Å². The Kier molecular flexibility index (Phi) is 3.73. The molecule has 1 aliphatic rings. The number of ether oxygens (including phenoxy) is 2. The molecule has 3 rings (SSSR count). The molecule has 0 fully saturated rings. The fourth-order valence-corrected chi connectivity index (χ4v) is 2.44. The fourth-order valence-electron chi connectivity index (χ4n) is 2.44. The number of carbonyl (C=O) groups is 1. The van der Waals surface area contributed by atoms with Crippen LogP contribution in [-0.2, 0) is 16.0 Å². The Hall–Kier alpha value is -2.55. The number of para-hydroxylation sites is 1. The summed E-state index contributed by atoms with van der Waals surface area (Å²) in [6.07, 6.45) is 0.553. The molecule has 106 valence electrons. The molecule has 0 saturated heterocycles. The highest BCUT2D eigenvalue weighted by atomic mass is 16.5. The Morgan fingerprint density at radius 3 is 2.52 bits per heavy atom. The Balaban J connectivity index is 2.00. The second-order valence-electron chi connectivity index (χ2n) is 4.78. The number of esters is 1. The largest absolute Gasteiger partial charge is 0.463 e. The van der Waals surface area contributed by atoms with E-state index in [9.17, 15) is 4.79 Å². The van der Waals surface area contributed by atoms with Crippen molar-refractivity contribution in [3.63, 3.8) is 0 Å². The lowest BCUT2D eigenvalue weighted by molar-refractivity contribution is -0.138. The van der Waals surface area contributed by atoms with E-state index in [-0.39, 0.29) is 5.97 Å². The van der Waals surface area contributed by atoms with E-state index >= 15 is 0 Å². The van der Waals surface area contributed by atoms with Gasteiger partial charge in [0.1, 0.15) is 11.5 Å². The SMILES string of the molecule is CCOC(=O)C1=C(Oc2ccccc2)c2ccccc2C1. The normalized spacial score (nSPS) is 13.0. The van der Waals surface area contributed by atoms with Crippen LogP contribution in [0.2, 0.25) is 0 Å². The lowest BCUT2D eigenvalue weighted by Crippen LogP contribution is -2.10. The van der Waals surface area contributed by atoms with E-state index in [1.165, 1.54) is 0 Å². The van der Waals surface area contributed by atoms with E-state index < -0.39 is 0 Å². The predicted octanol–water partition coefficient (Wildman–Crippen LogP) is 3.60. The molecule has 0 aromatic heterocycles. The average Bonchev–Trinajstić information content (AvgIpc) is 2.88. The number of fused-ring (bicyclic) bond motifs is 1. The zero-order valence-corrected chi connectivity index (χ0v) is 11.8. The van der Waals surface area contributed by atoms with Crippen molar-refractivity contribution in [3.8, 4) is 5.75 Å². The molecule has 2 aromatic rings. The van der Waals surface area contributed by atoms with Crippen molar-refractivity contribution in [2.75, 3.05) is 6.61 Å². The number of hydrogen-bond donors (Lipinski definition) is 0. The molecule has 0 heterocycles. The molecule has 0 spiro atoms. The van der Waals surface area contributed by atoms with Crippen molar-refractivity contribution in [1.82, 2.24) is 0 Å². The fraction of sp³-hybridized carbons (Fsp3) is 0.167. The van der Waals surface area contributed by atoms with Gasteiger partial charge < -0.3 is 9.47 Å². The first-order valence-electron chi connectivity index (χ1n) is 7.01. The summed E-state index contributed by atoms with van der Waals surface area (Å²) in [6, 6.07) is 17.4. The average molecular weight is 280 g/mol. The minimum absolute atomic E-state index is 0.306. The van der Waals surface area contributed by atoms with Crippen LogP contribution in [0, 0.1) is 0 Å². The summed E-state index contributed by atoms with van der Waals surface area (Å²) in [6.45, 7) is 2.16.